The zero-order chi connectivity index (χ0) is 21.4. The van der Waals surface area contributed by atoms with Gasteiger partial charge in [0, 0.05) is 5.56 Å². The summed E-state index contributed by atoms with van der Waals surface area (Å²) in [6.45, 7) is 8.31. The monoisotopic (exact) mass is 398 g/mol. The van der Waals surface area contributed by atoms with Crippen LogP contribution in [0.3, 0.4) is 0 Å². The average molecular weight is 399 g/mol. The van der Waals surface area contributed by atoms with Gasteiger partial charge < -0.3 is 20.1 Å². The number of hydrogen-bond donors (Lipinski definition) is 2. The Hall–Kier alpha value is -3.02. The summed E-state index contributed by atoms with van der Waals surface area (Å²) < 4.78 is 11.0. The summed E-state index contributed by atoms with van der Waals surface area (Å²) >= 11 is 0. The molecule has 0 heterocycles. The molecule has 29 heavy (non-hydrogen) atoms. The highest BCUT2D eigenvalue weighted by Crippen LogP contribution is 2.30. The molecule has 0 aliphatic carbocycles. The second-order valence-electron chi connectivity index (χ2n) is 7.11. The Bertz CT molecular complexity index is 844. The smallest absolute Gasteiger partial charge is 0.251 e. The van der Waals surface area contributed by atoms with E-state index in [9.17, 15) is 9.59 Å². The van der Waals surface area contributed by atoms with E-state index in [0.29, 0.717) is 23.7 Å². The van der Waals surface area contributed by atoms with Gasteiger partial charge in [0.25, 0.3) is 5.91 Å². The lowest BCUT2D eigenvalue weighted by Crippen LogP contribution is -2.38. The van der Waals surface area contributed by atoms with Crippen LogP contribution in [0.15, 0.2) is 36.4 Å². The normalized spacial score (nSPS) is 11.5. The van der Waals surface area contributed by atoms with Crippen LogP contribution < -0.4 is 20.1 Å². The van der Waals surface area contributed by atoms with Crippen LogP contribution in [0.25, 0.3) is 0 Å². The Kier molecular flexibility index (Phi) is 8.07. The van der Waals surface area contributed by atoms with Crippen molar-refractivity contribution >= 4 is 11.8 Å². The molecule has 2 aromatic rings. The summed E-state index contributed by atoms with van der Waals surface area (Å²) in [6.07, 6.45) is 0.908. The predicted molar refractivity (Wildman–Crippen MR) is 114 cm³/mol. The van der Waals surface area contributed by atoms with Gasteiger partial charge in [-0.1, -0.05) is 30.2 Å². The Labute approximate surface area is 172 Å². The third-order valence-electron chi connectivity index (χ3n) is 4.42. The van der Waals surface area contributed by atoms with E-state index < -0.39 is 0 Å². The van der Waals surface area contributed by atoms with Gasteiger partial charge in [-0.2, -0.15) is 0 Å². The molecule has 0 fully saturated rings. The minimum atomic E-state index is -0.265. The highest BCUT2D eigenvalue weighted by Gasteiger charge is 2.14. The fraction of sp³-hybridized carbons (Fsp3) is 0.391. The number of amides is 2. The molecule has 0 aromatic heterocycles. The molecule has 2 aromatic carbocycles. The van der Waals surface area contributed by atoms with E-state index in [4.69, 9.17) is 9.47 Å². The molecule has 0 aliphatic rings. The van der Waals surface area contributed by atoms with Crippen molar-refractivity contribution in [3.63, 3.8) is 0 Å². The number of carbonyl (C=O) groups is 2. The van der Waals surface area contributed by atoms with E-state index in [1.54, 1.807) is 19.2 Å². The molecule has 2 amide bonds. The number of methoxy groups -OCH3 is 1. The van der Waals surface area contributed by atoms with Crippen LogP contribution in [0.5, 0.6) is 11.5 Å². The lowest BCUT2D eigenvalue weighted by Gasteiger charge is -2.17. The summed E-state index contributed by atoms with van der Waals surface area (Å²) in [5.74, 6) is 0.775. The lowest BCUT2D eigenvalue weighted by molar-refractivity contribution is -0.120. The lowest BCUT2D eigenvalue weighted by atomic mass is 10.1. The van der Waals surface area contributed by atoms with Crippen molar-refractivity contribution in [3.05, 3.63) is 58.7 Å². The third kappa shape index (κ3) is 6.52. The summed E-state index contributed by atoms with van der Waals surface area (Å²) in [5, 5.41) is 5.56. The van der Waals surface area contributed by atoms with Crippen LogP contribution in [-0.4, -0.2) is 32.1 Å². The molecule has 6 heteroatoms. The van der Waals surface area contributed by atoms with Gasteiger partial charge in [-0.05, 0) is 57.0 Å². The van der Waals surface area contributed by atoms with Gasteiger partial charge in [-0.15, -0.1) is 0 Å². The van der Waals surface area contributed by atoms with Gasteiger partial charge in [0.15, 0.2) is 11.5 Å². The van der Waals surface area contributed by atoms with E-state index in [1.807, 2.05) is 52.0 Å². The number of ether oxygens (including phenoxy) is 2. The number of rotatable bonds is 9. The van der Waals surface area contributed by atoms with Crippen molar-refractivity contribution in [3.8, 4) is 11.5 Å². The molecule has 1 atom stereocenters. The highest BCUT2D eigenvalue weighted by atomic mass is 16.5. The largest absolute Gasteiger partial charge is 0.493 e. The van der Waals surface area contributed by atoms with Crippen LogP contribution in [0.4, 0.5) is 0 Å². The number of nitrogens with one attached hydrogen (secondary N) is 2. The highest BCUT2D eigenvalue weighted by molar-refractivity contribution is 5.96. The summed E-state index contributed by atoms with van der Waals surface area (Å²) in [5.41, 5.74) is 3.46. The fourth-order valence-electron chi connectivity index (χ4n) is 3.03. The number of benzene rings is 2. The molecule has 156 valence electrons. The van der Waals surface area contributed by atoms with Crippen LogP contribution in [0.1, 0.15) is 53.4 Å². The Morgan fingerprint density at radius 1 is 1.03 bits per heavy atom. The SMILES string of the molecule is CCCOc1ccc(C(C)NC(=O)CNC(=O)c2cc(C)cc(C)c2)cc1OC. The minimum absolute atomic E-state index is 0.0923. The average Bonchev–Trinajstić information content (AvgIpc) is 2.69. The van der Waals surface area contributed by atoms with Gasteiger partial charge >= 0.3 is 0 Å². The molecule has 0 saturated heterocycles. The number of hydrogen-bond acceptors (Lipinski definition) is 4. The number of aryl methyl sites for hydroxylation is 2. The first kappa shape index (κ1) is 22.3. The maximum absolute atomic E-state index is 12.3. The molecular formula is C23H30N2O4. The summed E-state index contributed by atoms with van der Waals surface area (Å²) in [6, 6.07) is 11.0. The summed E-state index contributed by atoms with van der Waals surface area (Å²) in [4.78, 5) is 24.6. The van der Waals surface area contributed by atoms with Crippen LogP contribution in [0.2, 0.25) is 0 Å². The molecule has 0 radical (unpaired) electrons. The molecule has 0 bridgehead atoms. The van der Waals surface area contributed by atoms with Crippen molar-refractivity contribution in [2.45, 2.75) is 40.2 Å². The van der Waals surface area contributed by atoms with Gasteiger partial charge in [-0.3, -0.25) is 9.59 Å². The molecule has 6 nitrogen and oxygen atoms in total. The molecule has 1 unspecified atom stereocenters. The van der Waals surface area contributed by atoms with Gasteiger partial charge in [0.1, 0.15) is 0 Å². The molecular weight excluding hydrogens is 368 g/mol. The van der Waals surface area contributed by atoms with Crippen molar-refractivity contribution in [2.24, 2.45) is 0 Å². The summed E-state index contributed by atoms with van der Waals surface area (Å²) in [7, 11) is 1.59. The van der Waals surface area contributed by atoms with Gasteiger partial charge in [0.05, 0.1) is 26.3 Å². The van der Waals surface area contributed by atoms with E-state index in [-0.39, 0.29) is 24.4 Å². The second-order valence-corrected chi connectivity index (χ2v) is 7.11. The maximum atomic E-state index is 12.3. The molecule has 2 N–H and O–H groups in total. The first-order chi connectivity index (χ1) is 13.8. The van der Waals surface area contributed by atoms with Crippen molar-refractivity contribution in [1.29, 1.82) is 0 Å². The van der Waals surface area contributed by atoms with Crippen LogP contribution in [0, 0.1) is 13.8 Å². The predicted octanol–water partition coefficient (Wildman–Crippen LogP) is 3.71. The molecule has 0 saturated carbocycles. The van der Waals surface area contributed by atoms with Gasteiger partial charge in [0.2, 0.25) is 5.91 Å². The quantitative estimate of drug-likeness (QED) is 0.675. The van der Waals surface area contributed by atoms with E-state index in [0.717, 1.165) is 23.1 Å². The van der Waals surface area contributed by atoms with Crippen molar-refractivity contribution < 1.29 is 19.1 Å². The zero-order valence-electron chi connectivity index (χ0n) is 17.8. The standard InChI is InChI=1S/C23H30N2O4/c1-6-9-29-20-8-7-18(13-21(20)28-5)17(4)25-22(26)14-24-23(27)19-11-15(2)10-16(3)12-19/h7-8,10-13,17H,6,9,14H2,1-5H3,(H,24,27)(H,25,26). The molecule has 2 rings (SSSR count). The molecule has 0 aliphatic heterocycles. The topological polar surface area (TPSA) is 76.7 Å². The first-order valence-electron chi connectivity index (χ1n) is 9.80. The Morgan fingerprint density at radius 2 is 1.72 bits per heavy atom. The van der Waals surface area contributed by atoms with Crippen LogP contribution >= 0.6 is 0 Å². The van der Waals surface area contributed by atoms with E-state index in [2.05, 4.69) is 10.6 Å². The second kappa shape index (κ2) is 10.5. The van der Waals surface area contributed by atoms with E-state index in [1.165, 1.54) is 0 Å². The third-order valence-corrected chi connectivity index (χ3v) is 4.42. The van der Waals surface area contributed by atoms with Crippen molar-refractivity contribution in [2.75, 3.05) is 20.3 Å². The maximum Gasteiger partial charge on any atom is 0.251 e. The molecule has 0 spiro atoms. The number of carbonyl (C=O) groups excluding carboxylic acids is 2. The first-order valence-corrected chi connectivity index (χ1v) is 9.80. The van der Waals surface area contributed by atoms with E-state index >= 15 is 0 Å². The van der Waals surface area contributed by atoms with Gasteiger partial charge in [-0.25, -0.2) is 0 Å². The minimum Gasteiger partial charge on any atom is -0.493 e. The van der Waals surface area contributed by atoms with Crippen LogP contribution in [-0.2, 0) is 4.79 Å². The Balaban J connectivity index is 1.93. The zero-order valence-corrected chi connectivity index (χ0v) is 17.8. The fourth-order valence-corrected chi connectivity index (χ4v) is 3.03. The Morgan fingerprint density at radius 3 is 2.34 bits per heavy atom. The van der Waals surface area contributed by atoms with Crippen molar-refractivity contribution in [1.82, 2.24) is 10.6 Å².